The third kappa shape index (κ3) is 4.61. The molecule has 2 N–H and O–H groups in total. The Bertz CT molecular complexity index is 1180. The molecule has 0 saturated carbocycles. The van der Waals surface area contributed by atoms with E-state index in [2.05, 4.69) is 19.4 Å². The number of nitrogens with zero attached hydrogens (tertiary/aromatic N) is 2. The third-order valence-corrected chi connectivity index (χ3v) is 4.89. The lowest BCUT2D eigenvalue weighted by Crippen LogP contribution is -2.25. The van der Waals surface area contributed by atoms with Gasteiger partial charge >= 0.3 is 0 Å². The first-order chi connectivity index (χ1) is 14.7. The average molecular weight is 418 g/mol. The van der Waals surface area contributed by atoms with E-state index < -0.39 is 0 Å². The van der Waals surface area contributed by atoms with E-state index in [1.54, 1.807) is 36.4 Å². The van der Waals surface area contributed by atoms with E-state index in [0.29, 0.717) is 29.1 Å². The van der Waals surface area contributed by atoms with Gasteiger partial charge in [-0.3, -0.25) is 9.59 Å². The number of carbonyl (C=O) groups is 2. The molecule has 4 aromatic rings. The molecule has 0 aliphatic carbocycles. The van der Waals surface area contributed by atoms with Crippen LogP contribution >= 0.6 is 11.7 Å². The van der Waals surface area contributed by atoms with Crippen molar-refractivity contribution in [3.8, 4) is 5.75 Å². The highest BCUT2D eigenvalue weighted by Gasteiger charge is 2.14. The topological polar surface area (TPSA) is 93.2 Å². The Hall–Kier alpha value is -3.78. The third-order valence-electron chi connectivity index (χ3n) is 4.35. The van der Waals surface area contributed by atoms with Crippen molar-refractivity contribution in [1.82, 2.24) is 14.1 Å². The number of para-hydroxylation sites is 1. The molecular formula is C22H18N4O3S. The summed E-state index contributed by atoms with van der Waals surface area (Å²) in [5.74, 6) is -0.282. The average Bonchev–Trinajstić information content (AvgIpc) is 3.27. The number of rotatable bonds is 7. The van der Waals surface area contributed by atoms with E-state index in [4.69, 9.17) is 4.74 Å². The fourth-order valence-corrected chi connectivity index (χ4v) is 3.44. The van der Waals surface area contributed by atoms with Gasteiger partial charge in [0.1, 0.15) is 16.8 Å². The van der Waals surface area contributed by atoms with Crippen LogP contribution in [-0.2, 0) is 11.3 Å². The zero-order valence-electron chi connectivity index (χ0n) is 15.9. The number of hydrogen-bond donors (Lipinski definition) is 2. The van der Waals surface area contributed by atoms with E-state index in [1.807, 2.05) is 36.4 Å². The van der Waals surface area contributed by atoms with Gasteiger partial charge in [0.25, 0.3) is 11.8 Å². The lowest BCUT2D eigenvalue weighted by Gasteiger charge is -2.12. The molecule has 0 bridgehead atoms. The minimum atomic E-state index is -0.352. The van der Waals surface area contributed by atoms with Crippen LogP contribution in [0.1, 0.15) is 15.9 Å². The normalized spacial score (nSPS) is 10.5. The van der Waals surface area contributed by atoms with Crippen molar-refractivity contribution in [2.75, 3.05) is 11.9 Å². The van der Waals surface area contributed by atoms with E-state index >= 15 is 0 Å². The molecule has 150 valence electrons. The van der Waals surface area contributed by atoms with E-state index in [0.717, 1.165) is 22.8 Å². The van der Waals surface area contributed by atoms with Crippen molar-refractivity contribution < 1.29 is 14.3 Å². The second kappa shape index (κ2) is 9.15. The molecule has 7 nitrogen and oxygen atoms in total. The first kappa shape index (κ1) is 19.5. The van der Waals surface area contributed by atoms with Crippen LogP contribution in [-0.4, -0.2) is 27.2 Å². The van der Waals surface area contributed by atoms with E-state index in [1.165, 1.54) is 0 Å². The highest BCUT2D eigenvalue weighted by Crippen LogP contribution is 2.22. The maximum Gasteiger partial charge on any atom is 0.262 e. The number of carbonyl (C=O) groups excluding carboxylic acids is 2. The van der Waals surface area contributed by atoms with Gasteiger partial charge in [0.15, 0.2) is 6.61 Å². The summed E-state index contributed by atoms with van der Waals surface area (Å²) in [6, 6.07) is 21.8. The predicted octanol–water partition coefficient (Wildman–Crippen LogP) is 3.64. The monoisotopic (exact) mass is 418 g/mol. The summed E-state index contributed by atoms with van der Waals surface area (Å²) in [6.45, 7) is 0.164. The van der Waals surface area contributed by atoms with Crippen LogP contribution in [0.3, 0.4) is 0 Å². The maximum absolute atomic E-state index is 12.6. The predicted molar refractivity (Wildman–Crippen MR) is 116 cm³/mol. The molecule has 0 unspecified atom stereocenters. The molecule has 3 aromatic carbocycles. The van der Waals surface area contributed by atoms with E-state index in [9.17, 15) is 9.59 Å². The molecule has 0 aliphatic heterocycles. The molecule has 0 fully saturated rings. The van der Waals surface area contributed by atoms with Crippen LogP contribution in [0.15, 0.2) is 72.8 Å². The van der Waals surface area contributed by atoms with Gasteiger partial charge in [0.05, 0.1) is 23.0 Å². The Morgan fingerprint density at radius 1 is 0.900 bits per heavy atom. The first-order valence-corrected chi connectivity index (χ1v) is 9.99. The van der Waals surface area contributed by atoms with Crippen molar-refractivity contribution in [1.29, 1.82) is 0 Å². The summed E-state index contributed by atoms with van der Waals surface area (Å²) in [7, 11) is 0. The highest BCUT2D eigenvalue weighted by atomic mass is 32.1. The fraction of sp³-hybridized carbons (Fsp3) is 0.0909. The Kier molecular flexibility index (Phi) is 5.95. The summed E-state index contributed by atoms with van der Waals surface area (Å²) in [5.41, 5.74) is 3.29. The molecule has 4 rings (SSSR count). The minimum Gasteiger partial charge on any atom is -0.483 e. The summed E-state index contributed by atoms with van der Waals surface area (Å²) in [5, 5.41) is 5.64. The van der Waals surface area contributed by atoms with Gasteiger partial charge in [-0.15, -0.1) is 0 Å². The van der Waals surface area contributed by atoms with Gasteiger partial charge in [-0.2, -0.15) is 8.75 Å². The largest absolute Gasteiger partial charge is 0.483 e. The van der Waals surface area contributed by atoms with Crippen molar-refractivity contribution >= 4 is 40.3 Å². The van der Waals surface area contributed by atoms with Crippen LogP contribution in [0.4, 0.5) is 5.69 Å². The molecular weight excluding hydrogens is 400 g/mol. The molecule has 0 atom stereocenters. The standard InChI is InChI=1S/C22H18N4O3S/c27-20(24-17-10-6-11-18-21(17)26-30-25-18)14-29-19-12-5-4-9-16(19)22(28)23-13-15-7-2-1-3-8-15/h1-12H,13-14H2,(H,23,28)(H,24,27). The van der Waals surface area contributed by atoms with Crippen LogP contribution in [0.5, 0.6) is 5.75 Å². The van der Waals surface area contributed by atoms with Crippen LogP contribution in [0.2, 0.25) is 0 Å². The molecule has 1 aromatic heterocycles. The summed E-state index contributed by atoms with van der Waals surface area (Å²) in [4.78, 5) is 24.9. The molecule has 30 heavy (non-hydrogen) atoms. The first-order valence-electron chi connectivity index (χ1n) is 9.26. The SMILES string of the molecule is O=C(COc1ccccc1C(=O)NCc1ccccc1)Nc1cccc2nsnc12. The number of nitrogens with one attached hydrogen (secondary N) is 2. The molecule has 0 saturated heterocycles. The number of benzene rings is 3. The highest BCUT2D eigenvalue weighted by molar-refractivity contribution is 7.00. The van der Waals surface area contributed by atoms with Gasteiger partial charge in [0, 0.05) is 6.54 Å². The molecule has 8 heteroatoms. The Balaban J connectivity index is 1.38. The number of aromatic nitrogens is 2. The number of fused-ring (bicyclic) bond motifs is 1. The van der Waals surface area contributed by atoms with Gasteiger partial charge in [0.2, 0.25) is 0 Å². The number of anilines is 1. The number of ether oxygens (including phenoxy) is 1. The summed E-state index contributed by atoms with van der Waals surface area (Å²) < 4.78 is 14.0. The minimum absolute atomic E-state index is 0.239. The zero-order chi connectivity index (χ0) is 20.8. The van der Waals surface area contributed by atoms with Crippen molar-refractivity contribution in [3.05, 3.63) is 83.9 Å². The van der Waals surface area contributed by atoms with Gasteiger partial charge in [-0.05, 0) is 29.8 Å². The molecule has 0 aliphatic rings. The summed E-state index contributed by atoms with van der Waals surface area (Å²) >= 11 is 1.09. The Morgan fingerprint density at radius 2 is 1.70 bits per heavy atom. The van der Waals surface area contributed by atoms with Gasteiger partial charge in [-0.25, -0.2) is 0 Å². The van der Waals surface area contributed by atoms with Crippen LogP contribution in [0.25, 0.3) is 11.0 Å². The fourth-order valence-electron chi connectivity index (χ4n) is 2.89. The second-order valence-corrected chi connectivity index (χ2v) is 6.97. The second-order valence-electron chi connectivity index (χ2n) is 6.44. The molecule has 0 spiro atoms. The maximum atomic E-state index is 12.6. The van der Waals surface area contributed by atoms with Gasteiger partial charge in [-0.1, -0.05) is 48.5 Å². The van der Waals surface area contributed by atoms with E-state index in [-0.39, 0.29) is 18.4 Å². The number of hydrogen-bond acceptors (Lipinski definition) is 6. The quantitative estimate of drug-likeness (QED) is 0.478. The lowest BCUT2D eigenvalue weighted by atomic mass is 10.1. The van der Waals surface area contributed by atoms with Crippen molar-refractivity contribution in [3.63, 3.8) is 0 Å². The smallest absolute Gasteiger partial charge is 0.262 e. The Morgan fingerprint density at radius 3 is 2.57 bits per heavy atom. The molecule has 0 radical (unpaired) electrons. The van der Waals surface area contributed by atoms with Crippen molar-refractivity contribution in [2.45, 2.75) is 6.54 Å². The lowest BCUT2D eigenvalue weighted by molar-refractivity contribution is -0.118. The number of amides is 2. The van der Waals surface area contributed by atoms with Crippen LogP contribution in [0, 0.1) is 0 Å². The zero-order valence-corrected chi connectivity index (χ0v) is 16.7. The molecule has 1 heterocycles. The van der Waals surface area contributed by atoms with Gasteiger partial charge < -0.3 is 15.4 Å². The van der Waals surface area contributed by atoms with Crippen LogP contribution < -0.4 is 15.4 Å². The van der Waals surface area contributed by atoms with Crippen molar-refractivity contribution in [2.24, 2.45) is 0 Å². The Labute approximate surface area is 177 Å². The summed E-state index contributed by atoms with van der Waals surface area (Å²) in [6.07, 6.45) is 0. The molecule has 2 amide bonds.